The average Bonchev–Trinajstić information content (AvgIpc) is 3.31. The predicted octanol–water partition coefficient (Wildman–Crippen LogP) is 1.27. The molecule has 0 fully saturated rings. The lowest BCUT2D eigenvalue weighted by Crippen LogP contribution is -2.25. The summed E-state index contributed by atoms with van der Waals surface area (Å²) < 4.78 is 8.69. The van der Waals surface area contributed by atoms with Crippen LogP contribution in [-0.2, 0) is 9.59 Å². The molecule has 1 aromatic carbocycles. The molecular weight excluding hydrogens is 412 g/mol. The summed E-state index contributed by atoms with van der Waals surface area (Å²) in [6, 6.07) is 10.9. The van der Waals surface area contributed by atoms with E-state index in [1.54, 1.807) is 27.4 Å². The Morgan fingerprint density at radius 2 is 2.06 bits per heavy atom. The number of hydrogen-bond acceptors (Lipinski definition) is 7. The third-order valence-electron chi connectivity index (χ3n) is 5.37. The summed E-state index contributed by atoms with van der Waals surface area (Å²) in [4.78, 5) is 23.7. The van der Waals surface area contributed by atoms with Crippen LogP contribution in [0.5, 0.6) is 5.75 Å². The molecule has 3 aromatic heterocycles. The van der Waals surface area contributed by atoms with Crippen molar-refractivity contribution in [1.82, 2.24) is 29.6 Å². The lowest BCUT2D eigenvalue weighted by molar-refractivity contribution is -0.120. The Morgan fingerprint density at radius 1 is 1.22 bits per heavy atom. The highest BCUT2D eigenvalue weighted by Gasteiger charge is 2.33. The highest BCUT2D eigenvalue weighted by Crippen LogP contribution is 2.40. The lowest BCUT2D eigenvalue weighted by Gasteiger charge is -2.24. The molecule has 3 N–H and O–H groups in total. The summed E-state index contributed by atoms with van der Waals surface area (Å²) in [5.74, 6) is 1.34. The molecule has 0 bridgehead atoms. The molecule has 1 aliphatic rings. The van der Waals surface area contributed by atoms with Crippen molar-refractivity contribution in [2.24, 2.45) is 5.73 Å². The van der Waals surface area contributed by atoms with Gasteiger partial charge >= 0.3 is 0 Å². The maximum Gasteiger partial charge on any atom is 0.255 e. The molecule has 0 saturated carbocycles. The first-order valence-corrected chi connectivity index (χ1v) is 10.0. The molecule has 4 aromatic rings. The first-order chi connectivity index (χ1) is 15.4. The van der Waals surface area contributed by atoms with Gasteiger partial charge in [0.2, 0.25) is 5.91 Å². The maximum absolute atomic E-state index is 12.6. The van der Waals surface area contributed by atoms with Gasteiger partial charge in [-0.15, -0.1) is 15.3 Å². The smallest absolute Gasteiger partial charge is 0.255 e. The number of carbonyl (C=O) groups excluding carboxylic acids is 2. The van der Waals surface area contributed by atoms with E-state index in [0.29, 0.717) is 28.9 Å². The molecule has 0 spiro atoms. The molecule has 2 amide bonds. The molecule has 0 radical (unpaired) electrons. The fraction of sp³-hybridized carbons (Fsp3) is 0.238. The second kappa shape index (κ2) is 7.45. The van der Waals surface area contributed by atoms with Crippen LogP contribution in [0, 0.1) is 13.8 Å². The first kappa shape index (κ1) is 19.7. The number of primary amides is 1. The van der Waals surface area contributed by atoms with Crippen LogP contribution < -0.4 is 15.8 Å². The highest BCUT2D eigenvalue weighted by molar-refractivity contribution is 5.95. The fourth-order valence-corrected chi connectivity index (χ4v) is 3.97. The molecule has 0 unspecified atom stereocenters. The summed E-state index contributed by atoms with van der Waals surface area (Å²) in [5.41, 5.74) is 8.35. The summed E-state index contributed by atoms with van der Waals surface area (Å²) in [6.07, 6.45) is 0.260. The molecule has 0 aliphatic carbocycles. The molecule has 11 heteroatoms. The van der Waals surface area contributed by atoms with E-state index >= 15 is 0 Å². The van der Waals surface area contributed by atoms with E-state index in [0.717, 1.165) is 16.8 Å². The van der Waals surface area contributed by atoms with Crippen LogP contribution in [0.4, 0.5) is 5.82 Å². The van der Waals surface area contributed by atoms with Gasteiger partial charge in [-0.1, -0.05) is 12.1 Å². The lowest BCUT2D eigenvalue weighted by atomic mass is 9.86. The van der Waals surface area contributed by atoms with Gasteiger partial charge in [-0.3, -0.25) is 9.59 Å². The quantitative estimate of drug-likeness (QED) is 0.483. The number of aryl methyl sites for hydroxylation is 2. The van der Waals surface area contributed by atoms with E-state index in [-0.39, 0.29) is 24.9 Å². The van der Waals surface area contributed by atoms with Crippen LogP contribution in [-0.4, -0.2) is 48.0 Å². The van der Waals surface area contributed by atoms with E-state index < -0.39 is 5.91 Å². The standard InChI is InChI=1S/C21H20N8O3/c1-11-20-15(13-4-3-5-14(8-13)32-10-16(22)30)9-19(31)23-21(20)29(26-11)18-7-6-17-25-24-12(2)28(17)27-18/h3-8,15H,9-10H2,1-2H3,(H2,22,30)(H,23,31)/t15-/m0/s1. The van der Waals surface area contributed by atoms with E-state index in [1.807, 2.05) is 32.0 Å². The van der Waals surface area contributed by atoms with Crippen LogP contribution in [0.15, 0.2) is 36.4 Å². The van der Waals surface area contributed by atoms with Crippen molar-refractivity contribution in [2.45, 2.75) is 26.2 Å². The number of fused-ring (bicyclic) bond motifs is 2. The Balaban J connectivity index is 1.58. The number of hydrogen-bond donors (Lipinski definition) is 2. The van der Waals surface area contributed by atoms with Crippen LogP contribution in [0.1, 0.15) is 35.0 Å². The Bertz CT molecular complexity index is 1370. The summed E-state index contributed by atoms with van der Waals surface area (Å²) in [7, 11) is 0. The highest BCUT2D eigenvalue weighted by atomic mass is 16.5. The first-order valence-electron chi connectivity index (χ1n) is 10.0. The molecule has 11 nitrogen and oxygen atoms in total. The molecule has 32 heavy (non-hydrogen) atoms. The fourth-order valence-electron chi connectivity index (χ4n) is 3.97. The monoisotopic (exact) mass is 432 g/mol. The third-order valence-corrected chi connectivity index (χ3v) is 5.37. The van der Waals surface area contributed by atoms with Crippen LogP contribution >= 0.6 is 0 Å². The van der Waals surface area contributed by atoms with Gasteiger partial charge in [0.25, 0.3) is 5.91 Å². The SMILES string of the molecule is Cc1nn(-c2ccc3nnc(C)n3n2)c2c1[C@H](c1cccc(OCC(N)=O)c1)CC(=O)N2. The van der Waals surface area contributed by atoms with Crippen LogP contribution in [0.2, 0.25) is 0 Å². The number of ether oxygens (including phenoxy) is 1. The van der Waals surface area contributed by atoms with Gasteiger partial charge in [0.15, 0.2) is 23.9 Å². The molecule has 162 valence electrons. The zero-order chi connectivity index (χ0) is 22.4. The molecular formula is C21H20N8O3. The summed E-state index contributed by atoms with van der Waals surface area (Å²) in [5, 5.41) is 20.3. The Hall–Kier alpha value is -4.28. The third kappa shape index (κ3) is 3.33. The molecule has 1 atom stereocenters. The van der Waals surface area contributed by atoms with Crippen LogP contribution in [0.3, 0.4) is 0 Å². The number of carbonyl (C=O) groups is 2. The minimum Gasteiger partial charge on any atom is -0.484 e. The van der Waals surface area contributed by atoms with Gasteiger partial charge in [-0.05, 0) is 43.7 Å². The molecule has 5 rings (SSSR count). The van der Waals surface area contributed by atoms with Crippen molar-refractivity contribution < 1.29 is 14.3 Å². The van der Waals surface area contributed by atoms with E-state index in [1.165, 1.54) is 0 Å². The van der Waals surface area contributed by atoms with Crippen molar-refractivity contribution in [1.29, 1.82) is 0 Å². The summed E-state index contributed by atoms with van der Waals surface area (Å²) in [6.45, 7) is 3.50. The van der Waals surface area contributed by atoms with Gasteiger partial charge in [0.1, 0.15) is 11.6 Å². The van der Waals surface area contributed by atoms with Gasteiger partial charge in [0, 0.05) is 17.9 Å². The Morgan fingerprint density at radius 3 is 2.88 bits per heavy atom. The van der Waals surface area contributed by atoms with E-state index in [9.17, 15) is 9.59 Å². The minimum absolute atomic E-state index is 0.131. The van der Waals surface area contributed by atoms with E-state index in [2.05, 4.69) is 25.7 Å². The van der Waals surface area contributed by atoms with Crippen molar-refractivity contribution in [3.05, 3.63) is 59.0 Å². The number of nitrogens with zero attached hydrogens (tertiary/aromatic N) is 6. The number of nitrogens with two attached hydrogens (primary N) is 1. The normalized spacial score (nSPS) is 15.4. The largest absolute Gasteiger partial charge is 0.484 e. The number of benzene rings is 1. The van der Waals surface area contributed by atoms with Crippen LogP contribution in [0.25, 0.3) is 11.5 Å². The second-order valence-electron chi connectivity index (χ2n) is 7.60. The number of rotatable bonds is 5. The van der Waals surface area contributed by atoms with Gasteiger partial charge in [-0.25, -0.2) is 0 Å². The van der Waals surface area contributed by atoms with Crippen molar-refractivity contribution in [3.63, 3.8) is 0 Å². The number of amides is 2. The summed E-state index contributed by atoms with van der Waals surface area (Å²) >= 11 is 0. The zero-order valence-electron chi connectivity index (χ0n) is 17.4. The number of anilines is 1. The molecule has 1 aliphatic heterocycles. The number of nitrogens with one attached hydrogen (secondary N) is 1. The van der Waals surface area contributed by atoms with Gasteiger partial charge < -0.3 is 15.8 Å². The van der Waals surface area contributed by atoms with Crippen molar-refractivity contribution in [2.75, 3.05) is 11.9 Å². The number of aromatic nitrogens is 6. The Labute approximate surface area is 182 Å². The van der Waals surface area contributed by atoms with Crippen molar-refractivity contribution >= 4 is 23.3 Å². The molecule has 4 heterocycles. The topological polar surface area (TPSA) is 142 Å². The predicted molar refractivity (Wildman–Crippen MR) is 114 cm³/mol. The van der Waals surface area contributed by atoms with Crippen molar-refractivity contribution in [3.8, 4) is 11.6 Å². The average molecular weight is 432 g/mol. The van der Waals surface area contributed by atoms with Gasteiger partial charge in [-0.2, -0.15) is 14.3 Å². The zero-order valence-corrected chi connectivity index (χ0v) is 17.4. The maximum atomic E-state index is 12.6. The second-order valence-corrected chi connectivity index (χ2v) is 7.60. The molecule has 0 saturated heterocycles. The minimum atomic E-state index is -0.556. The van der Waals surface area contributed by atoms with E-state index in [4.69, 9.17) is 10.5 Å². The Kier molecular flexibility index (Phi) is 4.58. The van der Waals surface area contributed by atoms with Gasteiger partial charge in [0.05, 0.1) is 5.69 Å².